The SMILES string of the molecule is CC(=O)O[C@H](c1cccnc1)P(=O)(O[C@@H]1C[C@H](C(C)C)CC[C@@H]1C)O[C@@H]1C[C@H](C(C)C)CC[C@@H]1C. The average Bonchev–Trinajstić information content (AvgIpc) is 2.80. The van der Waals surface area contributed by atoms with Gasteiger partial charge in [0.1, 0.15) is 0 Å². The van der Waals surface area contributed by atoms with Gasteiger partial charge in [-0.15, -0.1) is 0 Å². The highest BCUT2D eigenvalue weighted by atomic mass is 31.2. The minimum absolute atomic E-state index is 0.212. The van der Waals surface area contributed by atoms with Gasteiger partial charge in [-0.1, -0.05) is 47.6 Å². The average molecular weight is 508 g/mol. The number of rotatable bonds is 9. The van der Waals surface area contributed by atoms with Crippen molar-refractivity contribution >= 4 is 13.6 Å². The quantitative estimate of drug-likeness (QED) is 0.251. The molecule has 2 aliphatic carbocycles. The molecule has 2 fully saturated rings. The monoisotopic (exact) mass is 507 g/mol. The number of pyridine rings is 1. The van der Waals surface area contributed by atoms with E-state index in [1.165, 1.54) is 6.92 Å². The molecule has 3 rings (SSSR count). The Bertz CT molecular complexity index is 822. The van der Waals surface area contributed by atoms with E-state index in [-0.39, 0.29) is 24.0 Å². The Morgan fingerprint density at radius 2 is 1.46 bits per heavy atom. The van der Waals surface area contributed by atoms with Crippen LogP contribution in [0.15, 0.2) is 24.5 Å². The zero-order valence-corrected chi connectivity index (χ0v) is 23.6. The van der Waals surface area contributed by atoms with Crippen molar-refractivity contribution in [3.63, 3.8) is 0 Å². The Hall–Kier alpha value is -1.23. The van der Waals surface area contributed by atoms with Crippen LogP contribution < -0.4 is 0 Å². The first kappa shape index (κ1) is 28.3. The summed E-state index contributed by atoms with van der Waals surface area (Å²) >= 11 is 0. The van der Waals surface area contributed by atoms with Crippen molar-refractivity contribution in [1.29, 1.82) is 0 Å². The molecule has 0 unspecified atom stereocenters. The number of hydrogen-bond acceptors (Lipinski definition) is 6. The van der Waals surface area contributed by atoms with Crippen LogP contribution in [0.25, 0.3) is 0 Å². The van der Waals surface area contributed by atoms with Gasteiger partial charge in [0, 0.05) is 24.9 Å². The lowest BCUT2D eigenvalue weighted by molar-refractivity contribution is -0.144. The minimum atomic E-state index is -3.91. The van der Waals surface area contributed by atoms with Crippen molar-refractivity contribution < 1.29 is 23.1 Å². The van der Waals surface area contributed by atoms with Crippen LogP contribution in [0.2, 0.25) is 0 Å². The fourth-order valence-electron chi connectivity index (χ4n) is 5.63. The van der Waals surface area contributed by atoms with Crippen molar-refractivity contribution in [3.8, 4) is 0 Å². The van der Waals surface area contributed by atoms with Gasteiger partial charge < -0.3 is 13.8 Å². The molecule has 1 heterocycles. The molecule has 2 aliphatic rings. The van der Waals surface area contributed by atoms with Gasteiger partial charge in [0.05, 0.1) is 12.2 Å². The van der Waals surface area contributed by atoms with Crippen LogP contribution in [0, 0.1) is 35.5 Å². The summed E-state index contributed by atoms with van der Waals surface area (Å²) in [5, 5.41) is 0. The second-order valence-corrected chi connectivity index (χ2v) is 13.6. The van der Waals surface area contributed by atoms with Gasteiger partial charge in [0.15, 0.2) is 0 Å². The number of carbonyl (C=O) groups excluding carboxylic acids is 1. The van der Waals surface area contributed by atoms with Gasteiger partial charge >= 0.3 is 13.6 Å². The number of esters is 1. The van der Waals surface area contributed by atoms with Crippen LogP contribution in [-0.4, -0.2) is 23.2 Å². The third-order valence-corrected chi connectivity index (χ3v) is 10.4. The molecule has 0 spiro atoms. The maximum absolute atomic E-state index is 14.9. The van der Waals surface area contributed by atoms with Gasteiger partial charge in [-0.05, 0) is 80.1 Å². The van der Waals surface area contributed by atoms with Crippen LogP contribution in [0.3, 0.4) is 0 Å². The van der Waals surface area contributed by atoms with E-state index in [0.29, 0.717) is 29.2 Å². The van der Waals surface area contributed by atoms with Gasteiger partial charge in [0.25, 0.3) is 0 Å². The minimum Gasteiger partial charge on any atom is -0.444 e. The first-order valence-electron chi connectivity index (χ1n) is 13.5. The summed E-state index contributed by atoms with van der Waals surface area (Å²) in [6, 6.07) is 3.54. The van der Waals surface area contributed by atoms with Crippen LogP contribution in [0.1, 0.15) is 98.4 Å². The molecule has 198 valence electrons. The Balaban J connectivity index is 1.97. The first-order chi connectivity index (χ1) is 16.5. The predicted molar refractivity (Wildman–Crippen MR) is 139 cm³/mol. The molecule has 7 atom stereocenters. The van der Waals surface area contributed by atoms with Crippen molar-refractivity contribution in [1.82, 2.24) is 4.98 Å². The van der Waals surface area contributed by atoms with E-state index in [1.54, 1.807) is 24.5 Å². The number of hydrogen-bond donors (Lipinski definition) is 0. The van der Waals surface area contributed by atoms with E-state index in [4.69, 9.17) is 13.8 Å². The van der Waals surface area contributed by atoms with Crippen molar-refractivity contribution in [2.75, 3.05) is 0 Å². The number of carbonyl (C=O) groups is 1. The first-order valence-corrected chi connectivity index (χ1v) is 15.1. The number of nitrogens with zero attached hydrogens (tertiary/aromatic N) is 1. The topological polar surface area (TPSA) is 74.7 Å². The molecule has 1 aromatic heterocycles. The lowest BCUT2D eigenvalue weighted by Gasteiger charge is -2.42. The third kappa shape index (κ3) is 7.40. The normalized spacial score (nSPS) is 30.9. The molecule has 7 heteroatoms. The third-order valence-electron chi connectivity index (χ3n) is 8.31. The van der Waals surface area contributed by atoms with E-state index in [9.17, 15) is 9.36 Å². The highest BCUT2D eigenvalue weighted by Crippen LogP contribution is 2.65. The van der Waals surface area contributed by atoms with Crippen LogP contribution >= 0.6 is 7.60 Å². The van der Waals surface area contributed by atoms with Gasteiger partial charge in [-0.3, -0.25) is 14.3 Å². The summed E-state index contributed by atoms with van der Waals surface area (Å²) in [4.78, 5) is 16.4. The fraction of sp³-hybridized carbons (Fsp3) is 0.786. The number of ether oxygens (including phenoxy) is 1. The highest BCUT2D eigenvalue weighted by molar-refractivity contribution is 7.54. The van der Waals surface area contributed by atoms with Crippen LogP contribution in [0.4, 0.5) is 0 Å². The summed E-state index contributed by atoms with van der Waals surface area (Å²) in [5.74, 6) is 0.931. The second-order valence-electron chi connectivity index (χ2n) is 11.7. The van der Waals surface area contributed by atoms with Crippen molar-refractivity contribution in [3.05, 3.63) is 30.1 Å². The Kier molecular flexibility index (Phi) is 9.99. The molecule has 0 N–H and O–H groups in total. The smallest absolute Gasteiger partial charge is 0.376 e. The molecule has 0 bridgehead atoms. The van der Waals surface area contributed by atoms with Gasteiger partial charge in [-0.25, -0.2) is 0 Å². The predicted octanol–water partition coefficient (Wildman–Crippen LogP) is 7.79. The van der Waals surface area contributed by atoms with Gasteiger partial charge in [0.2, 0.25) is 5.85 Å². The molecule has 0 amide bonds. The highest BCUT2D eigenvalue weighted by Gasteiger charge is 2.48. The fourth-order valence-corrected chi connectivity index (χ4v) is 8.04. The lowest BCUT2D eigenvalue weighted by atomic mass is 9.76. The van der Waals surface area contributed by atoms with E-state index in [0.717, 1.165) is 38.5 Å². The molecule has 1 aromatic rings. The summed E-state index contributed by atoms with van der Waals surface area (Å²) in [5.41, 5.74) is 0.541. The summed E-state index contributed by atoms with van der Waals surface area (Å²) in [6.07, 6.45) is 8.82. The Labute approximate surface area is 212 Å². The van der Waals surface area contributed by atoms with E-state index in [1.807, 2.05) is 0 Å². The molecule has 6 nitrogen and oxygen atoms in total. The maximum Gasteiger partial charge on any atom is 0.376 e. The van der Waals surface area contributed by atoms with Crippen LogP contribution in [-0.2, 0) is 23.1 Å². The molecule has 0 aromatic carbocycles. The van der Waals surface area contributed by atoms with E-state index in [2.05, 4.69) is 46.5 Å². The molecule has 0 aliphatic heterocycles. The molecule has 0 saturated heterocycles. The lowest BCUT2D eigenvalue weighted by Crippen LogP contribution is -2.35. The standard InChI is InChI=1S/C28H46NO5P/c1-18(2)23-12-10-20(5)26(15-23)33-35(31,28(32-22(7)30)25-9-8-14-29-17-25)34-27-16-24(19(3)4)13-11-21(27)6/h8-9,14,17-21,23-24,26-28H,10-13,15-16H2,1-7H3/t20-,21-,23+,24+,26+,27+,28-/m0/s1. The molecule has 35 heavy (non-hydrogen) atoms. The second kappa shape index (κ2) is 12.3. The summed E-state index contributed by atoms with van der Waals surface area (Å²) in [6.45, 7) is 14.6. The van der Waals surface area contributed by atoms with Crippen LogP contribution in [0.5, 0.6) is 0 Å². The van der Waals surface area contributed by atoms with Crippen molar-refractivity contribution in [2.45, 2.75) is 105 Å². The van der Waals surface area contributed by atoms with E-state index >= 15 is 0 Å². The summed E-state index contributed by atoms with van der Waals surface area (Å²) in [7, 11) is -3.91. The zero-order valence-electron chi connectivity index (χ0n) is 22.7. The molecular formula is C28H46NO5P. The Morgan fingerprint density at radius 1 is 0.943 bits per heavy atom. The molecular weight excluding hydrogens is 461 g/mol. The summed E-state index contributed by atoms with van der Waals surface area (Å²) < 4.78 is 33.7. The van der Waals surface area contributed by atoms with E-state index < -0.39 is 19.4 Å². The molecule has 2 saturated carbocycles. The Morgan fingerprint density at radius 3 is 1.86 bits per heavy atom. The van der Waals surface area contributed by atoms with Crippen molar-refractivity contribution in [2.24, 2.45) is 35.5 Å². The largest absolute Gasteiger partial charge is 0.444 e. The molecule has 0 radical (unpaired) electrons. The maximum atomic E-state index is 14.9. The zero-order chi connectivity index (χ0) is 25.8. The number of aromatic nitrogens is 1. The van der Waals surface area contributed by atoms with Gasteiger partial charge in [-0.2, -0.15) is 0 Å².